The lowest BCUT2D eigenvalue weighted by Gasteiger charge is -2.32. The molecule has 0 aliphatic carbocycles. The third-order valence-corrected chi connectivity index (χ3v) is 2.98. The normalized spacial score (nSPS) is 29.6. The number of nitrogens with zero attached hydrogens (tertiary/aromatic N) is 1. The van der Waals surface area contributed by atoms with E-state index in [9.17, 15) is 4.79 Å². The van der Waals surface area contributed by atoms with Crippen molar-refractivity contribution in [1.29, 1.82) is 0 Å². The molecule has 1 unspecified atom stereocenters. The molecule has 2 aliphatic rings. The Labute approximate surface area is 94.7 Å². The van der Waals surface area contributed by atoms with Gasteiger partial charge >= 0.3 is 0 Å². The van der Waals surface area contributed by atoms with Crippen molar-refractivity contribution in [2.24, 2.45) is 0 Å². The van der Waals surface area contributed by atoms with Gasteiger partial charge in [0.15, 0.2) is 0 Å². The summed E-state index contributed by atoms with van der Waals surface area (Å²) in [5.74, 6) is 0.276. The molecule has 1 atom stereocenters. The van der Waals surface area contributed by atoms with Crippen LogP contribution < -0.4 is 15.4 Å². The first-order valence-corrected chi connectivity index (χ1v) is 5.30. The van der Waals surface area contributed by atoms with E-state index in [1.54, 1.807) is 6.20 Å². The number of aromatic nitrogens is 1. The number of rotatable bonds is 0. The predicted octanol–water partition coefficient (Wildman–Crippen LogP) is 0.453. The van der Waals surface area contributed by atoms with Crippen LogP contribution in [-0.4, -0.2) is 29.6 Å². The number of fused-ring (bicyclic) bond motifs is 1. The molecule has 1 amide bonds. The number of hydrogen-bond acceptors (Lipinski definition) is 4. The number of anilines is 1. The van der Waals surface area contributed by atoms with Gasteiger partial charge in [0, 0.05) is 19.2 Å². The van der Waals surface area contributed by atoms with Crippen molar-refractivity contribution in [3.8, 4) is 5.88 Å². The van der Waals surface area contributed by atoms with Crippen LogP contribution in [0.4, 0.5) is 5.69 Å². The SMILES string of the molecule is [2H]N1CCC2(C1)Oc1ncc(C)cc1NC2=O. The third kappa shape index (κ3) is 1.28. The largest absolute Gasteiger partial charge is 0.458 e. The molecule has 16 heavy (non-hydrogen) atoms. The zero-order chi connectivity index (χ0) is 12.0. The van der Waals surface area contributed by atoms with Crippen molar-refractivity contribution in [3.63, 3.8) is 0 Å². The van der Waals surface area contributed by atoms with Crippen molar-refractivity contribution in [3.05, 3.63) is 17.8 Å². The summed E-state index contributed by atoms with van der Waals surface area (Å²) in [7, 11) is 0. The summed E-state index contributed by atoms with van der Waals surface area (Å²) >= 11 is 0. The summed E-state index contributed by atoms with van der Waals surface area (Å²) < 4.78 is 13.3. The van der Waals surface area contributed by atoms with Gasteiger partial charge in [-0.15, -0.1) is 0 Å². The first-order valence-electron chi connectivity index (χ1n) is 5.75. The van der Waals surface area contributed by atoms with Gasteiger partial charge < -0.3 is 15.4 Å². The molecule has 2 N–H and O–H groups in total. The van der Waals surface area contributed by atoms with Crippen LogP contribution in [0, 0.1) is 6.92 Å². The smallest absolute Gasteiger partial charge is 0.270 e. The van der Waals surface area contributed by atoms with Crippen LogP contribution >= 0.6 is 0 Å². The fraction of sp³-hybridized carbons (Fsp3) is 0.455. The maximum atomic E-state index is 12.1. The highest BCUT2D eigenvalue weighted by Gasteiger charge is 2.47. The van der Waals surface area contributed by atoms with E-state index in [0.717, 1.165) is 5.56 Å². The molecule has 3 heterocycles. The van der Waals surface area contributed by atoms with Crippen LogP contribution in [0.1, 0.15) is 12.0 Å². The molecule has 0 radical (unpaired) electrons. The second kappa shape index (κ2) is 3.18. The molecule has 1 aromatic rings. The van der Waals surface area contributed by atoms with Crippen LogP contribution in [-0.2, 0) is 4.79 Å². The summed E-state index contributed by atoms with van der Waals surface area (Å²) in [5, 5.41) is 4.16. The Bertz CT molecular complexity index is 494. The number of ether oxygens (including phenoxy) is 1. The molecule has 1 fully saturated rings. The molecule has 84 valence electrons. The van der Waals surface area contributed by atoms with E-state index in [-0.39, 0.29) is 12.5 Å². The Morgan fingerprint density at radius 3 is 3.31 bits per heavy atom. The van der Waals surface area contributed by atoms with E-state index in [4.69, 9.17) is 6.15 Å². The third-order valence-electron chi connectivity index (χ3n) is 2.98. The van der Waals surface area contributed by atoms with Gasteiger partial charge in [0.2, 0.25) is 11.5 Å². The van der Waals surface area contributed by atoms with Gasteiger partial charge in [0.1, 0.15) is 7.10 Å². The second-order valence-corrected chi connectivity index (χ2v) is 4.27. The standard InChI is InChI=1S/C11H13N3O2/c1-7-4-8-9(13-5-7)16-11(10(15)14-8)2-3-12-6-11/h4-5,12H,2-3,6H2,1H3,(H,14,15)/i/hD. The minimum atomic E-state index is -0.934. The molecule has 0 bridgehead atoms. The van der Waals surface area contributed by atoms with Crippen molar-refractivity contribution < 1.29 is 10.9 Å². The van der Waals surface area contributed by atoms with Gasteiger partial charge in [-0.3, -0.25) is 4.79 Å². The van der Waals surface area contributed by atoms with E-state index in [2.05, 4.69) is 10.3 Å². The van der Waals surface area contributed by atoms with Crippen molar-refractivity contribution >= 4 is 11.6 Å². The number of aryl methyl sites for hydroxylation is 1. The average molecular weight is 220 g/mol. The number of carbonyl (C=O) groups is 1. The summed E-state index contributed by atoms with van der Waals surface area (Å²) in [6.07, 6.45) is 2.23. The van der Waals surface area contributed by atoms with Gasteiger partial charge in [-0.2, -0.15) is 0 Å². The van der Waals surface area contributed by atoms with Gasteiger partial charge in [-0.05, 0) is 25.1 Å². The number of amides is 1. The lowest BCUT2D eigenvalue weighted by Crippen LogP contribution is -2.52. The molecule has 2 aliphatic heterocycles. The topological polar surface area (TPSA) is 63.2 Å². The summed E-state index contributed by atoms with van der Waals surface area (Å²) in [6.45, 7) is 2.73. The Morgan fingerprint density at radius 2 is 2.56 bits per heavy atom. The fourth-order valence-electron chi connectivity index (χ4n) is 2.06. The van der Waals surface area contributed by atoms with E-state index in [0.29, 0.717) is 24.5 Å². The highest BCUT2D eigenvalue weighted by molar-refractivity contribution is 6.00. The zero-order valence-electron chi connectivity index (χ0n) is 9.99. The lowest BCUT2D eigenvalue weighted by molar-refractivity contribution is -0.131. The van der Waals surface area contributed by atoms with E-state index in [1.165, 1.54) is 5.31 Å². The molecule has 1 aromatic heterocycles. The maximum absolute atomic E-state index is 12.1. The lowest BCUT2D eigenvalue weighted by atomic mass is 10.0. The predicted molar refractivity (Wildman–Crippen MR) is 58.4 cm³/mol. The summed E-state index contributed by atoms with van der Waals surface area (Å²) in [5.41, 5.74) is 0.651. The molecule has 0 aromatic carbocycles. The monoisotopic (exact) mass is 220 g/mol. The van der Waals surface area contributed by atoms with Crippen LogP contribution in [0.15, 0.2) is 12.3 Å². The summed E-state index contributed by atoms with van der Waals surface area (Å²) in [4.78, 5) is 16.2. The quantitative estimate of drug-likeness (QED) is 0.666. The van der Waals surface area contributed by atoms with E-state index < -0.39 is 5.60 Å². The Morgan fingerprint density at radius 1 is 1.69 bits per heavy atom. The Kier molecular flexibility index (Phi) is 1.70. The zero-order valence-corrected chi connectivity index (χ0v) is 8.99. The summed E-state index contributed by atoms with van der Waals surface area (Å²) in [6, 6.07) is 1.83. The van der Waals surface area contributed by atoms with Gasteiger partial charge in [0.25, 0.3) is 5.91 Å². The van der Waals surface area contributed by atoms with Crippen molar-refractivity contribution in [2.75, 3.05) is 18.4 Å². The first-order chi connectivity index (χ1) is 8.09. The minimum Gasteiger partial charge on any atom is -0.458 e. The van der Waals surface area contributed by atoms with E-state index in [1.807, 2.05) is 13.0 Å². The number of hydrogen-bond donors (Lipinski definition) is 2. The highest BCUT2D eigenvalue weighted by Crippen LogP contribution is 2.34. The van der Waals surface area contributed by atoms with Crippen LogP contribution in [0.3, 0.4) is 0 Å². The number of carbonyl (C=O) groups excluding carboxylic acids is 1. The molecule has 0 saturated carbocycles. The van der Waals surface area contributed by atoms with Crippen LogP contribution in [0.2, 0.25) is 1.41 Å². The second-order valence-electron chi connectivity index (χ2n) is 4.27. The van der Waals surface area contributed by atoms with Crippen LogP contribution in [0.25, 0.3) is 0 Å². The first kappa shape index (κ1) is 8.52. The van der Waals surface area contributed by atoms with Gasteiger partial charge in [-0.25, -0.2) is 4.98 Å². The van der Waals surface area contributed by atoms with Crippen LogP contribution in [0.5, 0.6) is 5.88 Å². The number of pyridine rings is 1. The fourth-order valence-corrected chi connectivity index (χ4v) is 2.06. The molecule has 5 nitrogen and oxygen atoms in total. The van der Waals surface area contributed by atoms with Gasteiger partial charge in [-0.1, -0.05) is 0 Å². The Hall–Kier alpha value is -1.62. The molecule has 3 rings (SSSR count). The molecule has 1 spiro atoms. The average Bonchev–Trinajstić information content (AvgIpc) is 2.64. The minimum absolute atomic E-state index is 0.174. The molecule has 5 heteroatoms. The van der Waals surface area contributed by atoms with Gasteiger partial charge in [0.05, 0.1) is 0 Å². The molecular weight excluding hydrogens is 206 g/mol. The molecule has 1 saturated heterocycles. The van der Waals surface area contributed by atoms with E-state index >= 15 is 0 Å². The molecular formula is C11H13N3O2. The Balaban J connectivity index is 1.98. The highest BCUT2D eigenvalue weighted by atomic mass is 16.5. The number of nitrogens with one attached hydrogen (secondary N) is 2. The maximum Gasteiger partial charge on any atom is 0.270 e. The van der Waals surface area contributed by atoms with Crippen molar-refractivity contribution in [2.45, 2.75) is 18.9 Å². The van der Waals surface area contributed by atoms with Crippen molar-refractivity contribution in [1.82, 2.24) is 10.3 Å².